The van der Waals surface area contributed by atoms with Gasteiger partial charge in [0.1, 0.15) is 5.58 Å². The van der Waals surface area contributed by atoms with Gasteiger partial charge in [-0.15, -0.1) is 11.8 Å². The predicted molar refractivity (Wildman–Crippen MR) is 216 cm³/mol. The van der Waals surface area contributed by atoms with Crippen molar-refractivity contribution in [3.05, 3.63) is 170 Å². The largest absolute Gasteiger partial charge is 0.453 e. The lowest BCUT2D eigenvalue weighted by Gasteiger charge is -2.12. The fraction of sp³-hybridized carbons (Fsp3) is 0.0217. The van der Waals surface area contributed by atoms with E-state index in [0.717, 1.165) is 72.2 Å². The number of para-hydroxylation sites is 3. The molecule has 9 aromatic rings. The molecule has 0 aliphatic carbocycles. The molecule has 6 aromatic carbocycles. The summed E-state index contributed by atoms with van der Waals surface area (Å²) in [6.45, 7) is 4.42. The van der Waals surface area contributed by atoms with E-state index in [1.807, 2.05) is 78.5 Å². The summed E-state index contributed by atoms with van der Waals surface area (Å²) in [4.78, 5) is 16.2. The second-order valence-corrected chi connectivity index (χ2v) is 13.8. The van der Waals surface area contributed by atoms with E-state index in [9.17, 15) is 0 Å². The van der Waals surface area contributed by atoms with Crippen LogP contribution in [0.4, 0.5) is 0 Å². The topological polar surface area (TPSA) is 56.7 Å². The first kappa shape index (κ1) is 30.3. The highest BCUT2D eigenvalue weighted by Gasteiger charge is 2.23. The molecule has 0 saturated carbocycles. The van der Waals surface area contributed by atoms with Crippen molar-refractivity contribution in [3.63, 3.8) is 0 Å². The number of rotatable bonds is 4. The summed E-state index contributed by atoms with van der Waals surface area (Å²) in [5.41, 5.74) is 9.58. The standard InChI is InChI=1S/C46H30N4OS/c1-29-15-5-4-12-28-52-43-32(29)26-27-38-40(43)35-20-10-11-24-37(35)50(38)39-25-14-22-34-33-21-13-23-36(41(33)51-42(34)39)46-48-44(30-16-6-2-7-17-30)47-45(49-46)31-18-8-3-9-19-31/h2-27H,1,28H2/b12-4-,15-5-. The van der Waals surface area contributed by atoms with Crippen molar-refractivity contribution in [1.82, 2.24) is 19.5 Å². The molecular formula is C46H30N4OS. The minimum absolute atomic E-state index is 0.561. The summed E-state index contributed by atoms with van der Waals surface area (Å²) in [7, 11) is 0. The van der Waals surface area contributed by atoms with Crippen molar-refractivity contribution in [2.45, 2.75) is 4.90 Å². The zero-order valence-corrected chi connectivity index (χ0v) is 28.8. The van der Waals surface area contributed by atoms with E-state index in [1.165, 1.54) is 15.7 Å². The van der Waals surface area contributed by atoms with Crippen LogP contribution in [0.25, 0.3) is 89.2 Å². The highest BCUT2D eigenvalue weighted by atomic mass is 32.2. The lowest BCUT2D eigenvalue weighted by atomic mass is 10.0. The van der Waals surface area contributed by atoms with Crippen LogP contribution in [-0.2, 0) is 0 Å². The normalized spacial score (nSPS) is 14.3. The Morgan fingerprint density at radius 1 is 0.558 bits per heavy atom. The van der Waals surface area contributed by atoms with E-state index < -0.39 is 0 Å². The predicted octanol–water partition coefficient (Wildman–Crippen LogP) is 12.1. The highest BCUT2D eigenvalue weighted by Crippen LogP contribution is 2.44. The van der Waals surface area contributed by atoms with Crippen LogP contribution in [0.1, 0.15) is 5.56 Å². The Morgan fingerprint density at radius 3 is 1.98 bits per heavy atom. The zero-order valence-electron chi connectivity index (χ0n) is 28.0. The average molecular weight is 687 g/mol. The Labute approximate surface area is 304 Å². The number of nitrogens with zero attached hydrogens (tertiary/aromatic N) is 4. The van der Waals surface area contributed by atoms with Crippen LogP contribution in [-0.4, -0.2) is 25.3 Å². The summed E-state index contributed by atoms with van der Waals surface area (Å²) < 4.78 is 9.35. The molecule has 0 fully saturated rings. The third-order valence-corrected chi connectivity index (χ3v) is 10.8. The van der Waals surface area contributed by atoms with Crippen molar-refractivity contribution in [3.8, 4) is 39.9 Å². The van der Waals surface area contributed by atoms with Crippen molar-refractivity contribution < 1.29 is 4.42 Å². The monoisotopic (exact) mass is 686 g/mol. The molecule has 4 heterocycles. The van der Waals surface area contributed by atoms with Crippen LogP contribution in [0.5, 0.6) is 0 Å². The van der Waals surface area contributed by atoms with Crippen molar-refractivity contribution >= 4 is 61.1 Å². The van der Waals surface area contributed by atoms with Gasteiger partial charge in [-0.25, -0.2) is 15.0 Å². The van der Waals surface area contributed by atoms with Gasteiger partial charge >= 0.3 is 0 Å². The van der Waals surface area contributed by atoms with Gasteiger partial charge < -0.3 is 8.98 Å². The van der Waals surface area contributed by atoms with E-state index in [4.69, 9.17) is 19.4 Å². The molecule has 1 aliphatic rings. The van der Waals surface area contributed by atoms with E-state index in [2.05, 4.69) is 102 Å². The molecule has 3 aromatic heterocycles. The molecule has 0 spiro atoms. The molecule has 52 heavy (non-hydrogen) atoms. The van der Waals surface area contributed by atoms with Gasteiger partial charge in [0.25, 0.3) is 0 Å². The summed E-state index contributed by atoms with van der Waals surface area (Å²) in [5, 5.41) is 4.46. The number of allylic oxidation sites excluding steroid dienone is 4. The lowest BCUT2D eigenvalue weighted by Crippen LogP contribution is -2.00. The minimum Gasteiger partial charge on any atom is -0.453 e. The third-order valence-electron chi connectivity index (χ3n) is 9.69. The lowest BCUT2D eigenvalue weighted by molar-refractivity contribution is 0.667. The molecule has 1 aliphatic heterocycles. The molecule has 0 atom stereocenters. The van der Waals surface area contributed by atoms with Gasteiger partial charge in [-0.2, -0.15) is 0 Å². The number of hydrogen-bond acceptors (Lipinski definition) is 5. The van der Waals surface area contributed by atoms with Gasteiger partial charge in [-0.3, -0.25) is 0 Å². The molecule has 6 heteroatoms. The summed E-state index contributed by atoms with van der Waals surface area (Å²) in [6, 6.07) is 45.8. The number of benzene rings is 6. The van der Waals surface area contributed by atoms with Gasteiger partial charge in [-0.1, -0.05) is 140 Å². The molecule has 0 unspecified atom stereocenters. The van der Waals surface area contributed by atoms with Crippen molar-refractivity contribution in [2.24, 2.45) is 0 Å². The first-order valence-electron chi connectivity index (χ1n) is 17.3. The fourth-order valence-corrected chi connectivity index (χ4v) is 8.39. The fourth-order valence-electron chi connectivity index (χ4n) is 7.30. The van der Waals surface area contributed by atoms with Crippen LogP contribution < -0.4 is 0 Å². The molecule has 246 valence electrons. The summed E-state index contributed by atoms with van der Waals surface area (Å²) in [5.74, 6) is 2.66. The van der Waals surface area contributed by atoms with E-state index >= 15 is 0 Å². The Hall–Kier alpha value is -6.50. The number of aromatic nitrogens is 4. The second-order valence-electron chi connectivity index (χ2n) is 12.8. The third kappa shape index (κ3) is 4.91. The van der Waals surface area contributed by atoms with Crippen molar-refractivity contribution in [2.75, 3.05) is 5.75 Å². The molecule has 0 radical (unpaired) electrons. The van der Waals surface area contributed by atoms with Gasteiger partial charge in [0.15, 0.2) is 23.1 Å². The quantitative estimate of drug-likeness (QED) is 0.184. The number of hydrogen-bond donors (Lipinski definition) is 0. The number of thioether (sulfide) groups is 1. The summed E-state index contributed by atoms with van der Waals surface area (Å²) in [6.07, 6.45) is 8.47. The first-order chi connectivity index (χ1) is 25.7. The molecule has 5 nitrogen and oxygen atoms in total. The van der Waals surface area contributed by atoms with Gasteiger partial charge in [0.05, 0.1) is 22.3 Å². The smallest absolute Gasteiger partial charge is 0.167 e. The maximum atomic E-state index is 7.01. The molecule has 0 saturated heterocycles. The van der Waals surface area contributed by atoms with Crippen LogP contribution in [0, 0.1) is 0 Å². The molecule has 0 amide bonds. The minimum atomic E-state index is 0.561. The van der Waals surface area contributed by atoms with Crippen molar-refractivity contribution in [1.29, 1.82) is 0 Å². The highest BCUT2D eigenvalue weighted by molar-refractivity contribution is 7.99. The van der Waals surface area contributed by atoms with Crippen LogP contribution in [0.2, 0.25) is 0 Å². The maximum Gasteiger partial charge on any atom is 0.167 e. The first-order valence-corrected chi connectivity index (χ1v) is 18.2. The van der Waals surface area contributed by atoms with Gasteiger partial charge in [0.2, 0.25) is 0 Å². The van der Waals surface area contributed by atoms with Crippen LogP contribution in [0.3, 0.4) is 0 Å². The van der Waals surface area contributed by atoms with E-state index in [1.54, 1.807) is 0 Å². The zero-order chi connectivity index (χ0) is 34.6. The summed E-state index contributed by atoms with van der Waals surface area (Å²) >= 11 is 1.86. The number of fused-ring (bicyclic) bond motifs is 8. The van der Waals surface area contributed by atoms with Gasteiger partial charge in [0, 0.05) is 43.3 Å². The van der Waals surface area contributed by atoms with E-state index in [0.29, 0.717) is 17.5 Å². The SMILES string of the molecule is C=C1/C=C\C=C/CSc2c1ccc1c2c2ccccc2n1-c1cccc2c1oc1c(-c3nc(-c4ccccc4)nc(-c4ccccc4)n3)cccc12. The second kappa shape index (κ2) is 12.4. The Balaban J connectivity index is 1.22. The molecule has 0 N–H and O–H groups in total. The van der Waals surface area contributed by atoms with Crippen LogP contribution >= 0.6 is 11.8 Å². The Morgan fingerprint density at radius 2 is 1.21 bits per heavy atom. The average Bonchev–Trinajstić information content (AvgIpc) is 3.78. The maximum absolute atomic E-state index is 7.01. The van der Waals surface area contributed by atoms with E-state index in [-0.39, 0.29) is 0 Å². The molecular weight excluding hydrogens is 657 g/mol. The number of furan rings is 1. The Kier molecular flexibility index (Phi) is 7.22. The van der Waals surface area contributed by atoms with Gasteiger partial charge in [-0.05, 0) is 35.4 Å². The molecule has 10 rings (SSSR count). The Bertz CT molecular complexity index is 2860. The van der Waals surface area contributed by atoms with Crippen LogP contribution in [0.15, 0.2) is 174 Å². The molecule has 0 bridgehead atoms.